The van der Waals surface area contributed by atoms with Crippen molar-refractivity contribution >= 4 is 11.8 Å². The monoisotopic (exact) mass is 242 g/mol. The number of Topliss-reactive ketones (excluding diaryl/α,β-unsaturated/α-hetero) is 1. The average Bonchev–Trinajstić information content (AvgIpc) is 2.29. The van der Waals surface area contributed by atoms with Gasteiger partial charge in [-0.1, -0.05) is 13.8 Å². The Balaban J connectivity index is 2.55. The van der Waals surface area contributed by atoms with Crippen molar-refractivity contribution < 1.29 is 19.1 Å². The maximum absolute atomic E-state index is 12.1. The van der Waals surface area contributed by atoms with Gasteiger partial charge in [-0.3, -0.25) is 9.59 Å². The Morgan fingerprint density at radius 1 is 1.35 bits per heavy atom. The first kappa shape index (κ1) is 14.2. The molecule has 1 rings (SSSR count). The molecular formula is C13H22O4. The molecule has 2 atom stereocenters. The van der Waals surface area contributed by atoms with E-state index in [1.807, 2.05) is 13.8 Å². The highest BCUT2D eigenvalue weighted by Crippen LogP contribution is 2.21. The van der Waals surface area contributed by atoms with Crippen LogP contribution in [-0.4, -0.2) is 31.6 Å². The number of hydrogen-bond acceptors (Lipinski definition) is 4. The molecule has 0 aliphatic carbocycles. The summed E-state index contributed by atoms with van der Waals surface area (Å²) in [4.78, 5) is 23.6. The summed E-state index contributed by atoms with van der Waals surface area (Å²) in [6.07, 6.45) is 3.40. The van der Waals surface area contributed by atoms with Crippen molar-refractivity contribution in [2.24, 2.45) is 11.8 Å². The molecule has 17 heavy (non-hydrogen) atoms. The van der Waals surface area contributed by atoms with E-state index in [1.165, 1.54) is 7.11 Å². The van der Waals surface area contributed by atoms with Crippen LogP contribution in [0.3, 0.4) is 0 Å². The van der Waals surface area contributed by atoms with Crippen LogP contribution in [0.15, 0.2) is 0 Å². The Morgan fingerprint density at radius 2 is 2.06 bits per heavy atom. The highest BCUT2D eigenvalue weighted by molar-refractivity contribution is 5.99. The summed E-state index contributed by atoms with van der Waals surface area (Å²) >= 11 is 0. The van der Waals surface area contributed by atoms with Crippen LogP contribution in [0.1, 0.15) is 39.5 Å². The fourth-order valence-electron chi connectivity index (χ4n) is 2.22. The zero-order valence-electron chi connectivity index (χ0n) is 10.9. The van der Waals surface area contributed by atoms with Crippen LogP contribution in [0.25, 0.3) is 0 Å². The van der Waals surface area contributed by atoms with Crippen LogP contribution in [0.4, 0.5) is 0 Å². The number of esters is 1. The first-order valence-electron chi connectivity index (χ1n) is 6.28. The summed E-state index contributed by atoms with van der Waals surface area (Å²) < 4.78 is 10.2. The van der Waals surface area contributed by atoms with E-state index in [0.717, 1.165) is 25.9 Å². The van der Waals surface area contributed by atoms with Crippen molar-refractivity contribution in [2.75, 3.05) is 13.7 Å². The zero-order valence-corrected chi connectivity index (χ0v) is 10.9. The molecule has 0 radical (unpaired) electrons. The van der Waals surface area contributed by atoms with Crippen LogP contribution in [0, 0.1) is 11.8 Å². The van der Waals surface area contributed by atoms with Crippen molar-refractivity contribution in [1.29, 1.82) is 0 Å². The van der Waals surface area contributed by atoms with E-state index in [1.54, 1.807) is 0 Å². The predicted molar refractivity (Wildman–Crippen MR) is 63.6 cm³/mol. The fraction of sp³-hybridized carbons (Fsp3) is 0.846. The Kier molecular flexibility index (Phi) is 5.62. The standard InChI is InChI=1S/C13H22O4/c1-9(2)12(13(15)16-3)11(14)8-10-6-4-5-7-17-10/h9-10,12H,4-8H2,1-3H3. The second kappa shape index (κ2) is 6.74. The molecule has 0 spiro atoms. The quantitative estimate of drug-likeness (QED) is 0.546. The lowest BCUT2D eigenvalue weighted by molar-refractivity contribution is -0.152. The van der Waals surface area contributed by atoms with Gasteiger partial charge in [0.25, 0.3) is 0 Å². The van der Waals surface area contributed by atoms with E-state index in [2.05, 4.69) is 4.74 Å². The third-order valence-electron chi connectivity index (χ3n) is 3.17. The van der Waals surface area contributed by atoms with Gasteiger partial charge in [-0.25, -0.2) is 0 Å². The van der Waals surface area contributed by atoms with E-state index in [9.17, 15) is 9.59 Å². The third-order valence-corrected chi connectivity index (χ3v) is 3.17. The highest BCUT2D eigenvalue weighted by atomic mass is 16.5. The zero-order chi connectivity index (χ0) is 12.8. The molecule has 1 fully saturated rings. The molecule has 4 heteroatoms. The summed E-state index contributed by atoms with van der Waals surface area (Å²) in [5.74, 6) is -1.16. The van der Waals surface area contributed by atoms with E-state index in [4.69, 9.17) is 4.74 Å². The molecule has 1 aliphatic heterocycles. The highest BCUT2D eigenvalue weighted by Gasteiger charge is 2.32. The Hall–Kier alpha value is -0.900. The Labute approximate surface area is 103 Å². The molecule has 2 unspecified atom stereocenters. The molecule has 0 N–H and O–H groups in total. The average molecular weight is 242 g/mol. The lowest BCUT2D eigenvalue weighted by Crippen LogP contribution is -2.33. The number of methoxy groups -OCH3 is 1. The molecule has 0 aromatic rings. The molecule has 1 aliphatic rings. The van der Waals surface area contributed by atoms with Crippen LogP contribution < -0.4 is 0 Å². The smallest absolute Gasteiger partial charge is 0.316 e. The lowest BCUT2D eigenvalue weighted by Gasteiger charge is -2.24. The minimum absolute atomic E-state index is 0.0119. The number of hydrogen-bond donors (Lipinski definition) is 0. The summed E-state index contributed by atoms with van der Waals surface area (Å²) in [6.45, 7) is 4.45. The Bertz CT molecular complexity index is 267. The summed E-state index contributed by atoms with van der Waals surface area (Å²) in [6, 6.07) is 0. The van der Waals surface area contributed by atoms with Crippen LogP contribution >= 0.6 is 0 Å². The van der Waals surface area contributed by atoms with Crippen molar-refractivity contribution in [3.8, 4) is 0 Å². The Morgan fingerprint density at radius 3 is 2.53 bits per heavy atom. The largest absolute Gasteiger partial charge is 0.468 e. The van der Waals surface area contributed by atoms with E-state index in [0.29, 0.717) is 6.42 Å². The van der Waals surface area contributed by atoms with Gasteiger partial charge in [0.2, 0.25) is 0 Å². The first-order chi connectivity index (χ1) is 8.06. The molecule has 0 saturated carbocycles. The van der Waals surface area contributed by atoms with Gasteiger partial charge in [0.05, 0.1) is 13.2 Å². The van der Waals surface area contributed by atoms with Crippen molar-refractivity contribution in [1.82, 2.24) is 0 Å². The van der Waals surface area contributed by atoms with Gasteiger partial charge in [0.15, 0.2) is 0 Å². The predicted octanol–water partition coefficient (Wildman–Crippen LogP) is 1.96. The first-order valence-corrected chi connectivity index (χ1v) is 6.28. The summed E-state index contributed by atoms with van der Waals surface area (Å²) in [5.41, 5.74) is 0. The summed E-state index contributed by atoms with van der Waals surface area (Å²) in [5, 5.41) is 0. The van der Waals surface area contributed by atoms with Crippen molar-refractivity contribution in [3.63, 3.8) is 0 Å². The molecule has 98 valence electrons. The van der Waals surface area contributed by atoms with Gasteiger partial charge in [0, 0.05) is 13.0 Å². The van der Waals surface area contributed by atoms with E-state index < -0.39 is 11.9 Å². The second-order valence-corrected chi connectivity index (χ2v) is 4.90. The fourth-order valence-corrected chi connectivity index (χ4v) is 2.22. The van der Waals surface area contributed by atoms with Crippen molar-refractivity contribution in [3.05, 3.63) is 0 Å². The third kappa shape index (κ3) is 4.11. The van der Waals surface area contributed by atoms with Gasteiger partial charge in [-0.05, 0) is 25.2 Å². The minimum atomic E-state index is -0.648. The number of carbonyl (C=O) groups excluding carboxylic acids is 2. The summed E-state index contributed by atoms with van der Waals surface area (Å²) in [7, 11) is 1.32. The minimum Gasteiger partial charge on any atom is -0.468 e. The van der Waals surface area contributed by atoms with Gasteiger partial charge in [-0.2, -0.15) is 0 Å². The van der Waals surface area contributed by atoms with Gasteiger partial charge >= 0.3 is 5.97 Å². The van der Waals surface area contributed by atoms with Crippen LogP contribution in [0.2, 0.25) is 0 Å². The van der Waals surface area contributed by atoms with E-state index in [-0.39, 0.29) is 17.8 Å². The molecule has 0 bridgehead atoms. The molecule has 1 saturated heterocycles. The number of ether oxygens (including phenoxy) is 2. The number of ketones is 1. The number of carbonyl (C=O) groups is 2. The van der Waals surface area contributed by atoms with Crippen molar-refractivity contribution in [2.45, 2.75) is 45.6 Å². The van der Waals surface area contributed by atoms with Gasteiger partial charge in [0.1, 0.15) is 11.7 Å². The molecule has 0 aromatic carbocycles. The molecule has 0 aromatic heterocycles. The maximum Gasteiger partial charge on any atom is 0.316 e. The maximum atomic E-state index is 12.1. The SMILES string of the molecule is COC(=O)C(C(=O)CC1CCCCO1)C(C)C. The van der Waals surface area contributed by atoms with Crippen LogP contribution in [-0.2, 0) is 19.1 Å². The molecule has 0 amide bonds. The normalized spacial score (nSPS) is 22.2. The van der Waals surface area contributed by atoms with Crippen LogP contribution in [0.5, 0.6) is 0 Å². The number of rotatable bonds is 5. The van der Waals surface area contributed by atoms with Gasteiger partial charge < -0.3 is 9.47 Å². The second-order valence-electron chi connectivity index (χ2n) is 4.90. The molecule has 1 heterocycles. The molecular weight excluding hydrogens is 220 g/mol. The topological polar surface area (TPSA) is 52.6 Å². The van der Waals surface area contributed by atoms with E-state index >= 15 is 0 Å². The lowest BCUT2D eigenvalue weighted by atomic mass is 9.88. The van der Waals surface area contributed by atoms with Gasteiger partial charge in [-0.15, -0.1) is 0 Å². The molecule has 4 nitrogen and oxygen atoms in total.